The van der Waals surface area contributed by atoms with Gasteiger partial charge in [-0.15, -0.1) is 0 Å². The molecular weight excluding hydrogens is 278 g/mol. The summed E-state index contributed by atoms with van der Waals surface area (Å²) < 4.78 is 5.19. The van der Waals surface area contributed by atoms with Crippen molar-refractivity contribution in [2.45, 2.75) is 53.9 Å². The smallest absolute Gasteiger partial charge is 0.273 e. The lowest BCUT2D eigenvalue weighted by Gasteiger charge is -2.30. The number of carbonyl (C=O) groups is 1. The number of rotatable bonds is 9. The first kappa shape index (κ1) is 18.7. The molecule has 1 heterocycles. The van der Waals surface area contributed by atoms with E-state index in [-0.39, 0.29) is 11.3 Å². The van der Waals surface area contributed by atoms with Gasteiger partial charge < -0.3 is 14.7 Å². The molecule has 1 N–H and O–H groups in total. The molecule has 22 heavy (non-hydrogen) atoms. The third kappa shape index (κ3) is 5.44. The molecule has 5 heteroatoms. The summed E-state index contributed by atoms with van der Waals surface area (Å²) in [7, 11) is 2.13. The van der Waals surface area contributed by atoms with Gasteiger partial charge in [-0.05, 0) is 32.4 Å². The van der Waals surface area contributed by atoms with E-state index in [1.54, 1.807) is 0 Å². The predicted molar refractivity (Wildman–Crippen MR) is 89.1 cm³/mol. The number of hydrogen-bond acceptors (Lipinski definition) is 4. The first-order valence-electron chi connectivity index (χ1n) is 8.22. The molecule has 0 atom stereocenters. The largest absolute Gasteiger partial charge is 0.360 e. The minimum absolute atomic E-state index is 0.0172. The van der Waals surface area contributed by atoms with Crippen LogP contribution in [0.5, 0.6) is 0 Å². The zero-order valence-electron chi connectivity index (χ0n) is 15.0. The zero-order valence-corrected chi connectivity index (χ0v) is 15.0. The van der Waals surface area contributed by atoms with E-state index < -0.39 is 0 Å². The third-order valence-electron chi connectivity index (χ3n) is 3.88. The summed E-state index contributed by atoms with van der Waals surface area (Å²) >= 11 is 0. The fraction of sp³-hybridized carbons (Fsp3) is 0.765. The van der Waals surface area contributed by atoms with Gasteiger partial charge in [0.1, 0.15) is 5.76 Å². The summed E-state index contributed by atoms with van der Waals surface area (Å²) in [6.45, 7) is 13.1. The van der Waals surface area contributed by atoms with Crippen LogP contribution in [0.2, 0.25) is 0 Å². The zero-order chi connectivity index (χ0) is 16.8. The van der Waals surface area contributed by atoms with Gasteiger partial charge in [0.2, 0.25) is 0 Å². The number of unbranched alkanes of at least 4 members (excludes halogenated alkanes) is 1. The number of nitrogens with zero attached hydrogens (tertiary/aromatic N) is 2. The van der Waals surface area contributed by atoms with Crippen molar-refractivity contribution in [3.05, 3.63) is 17.0 Å². The Labute approximate surface area is 134 Å². The van der Waals surface area contributed by atoms with E-state index in [9.17, 15) is 4.79 Å². The van der Waals surface area contributed by atoms with Crippen molar-refractivity contribution in [2.24, 2.45) is 5.41 Å². The minimum Gasteiger partial charge on any atom is -0.360 e. The van der Waals surface area contributed by atoms with Crippen LogP contribution in [0.3, 0.4) is 0 Å². The first-order chi connectivity index (χ1) is 10.3. The molecule has 0 spiro atoms. The van der Waals surface area contributed by atoms with Crippen LogP contribution in [0.25, 0.3) is 0 Å². The second-order valence-corrected chi connectivity index (χ2v) is 6.87. The van der Waals surface area contributed by atoms with Crippen molar-refractivity contribution in [3.8, 4) is 0 Å². The van der Waals surface area contributed by atoms with Crippen LogP contribution in [0.1, 0.15) is 62.3 Å². The molecule has 1 amide bonds. The Morgan fingerprint density at radius 1 is 1.36 bits per heavy atom. The van der Waals surface area contributed by atoms with Gasteiger partial charge >= 0.3 is 0 Å². The molecule has 1 aromatic heterocycles. The van der Waals surface area contributed by atoms with Crippen molar-refractivity contribution < 1.29 is 9.32 Å². The molecule has 0 aliphatic carbocycles. The SMILES string of the molecule is CCCCN(C)CC(C)(C)CNC(=O)c1noc(CC)c1C. The third-order valence-corrected chi connectivity index (χ3v) is 3.88. The van der Waals surface area contributed by atoms with Crippen LogP contribution in [-0.4, -0.2) is 42.6 Å². The van der Waals surface area contributed by atoms with Gasteiger partial charge in [-0.25, -0.2) is 0 Å². The van der Waals surface area contributed by atoms with Crippen molar-refractivity contribution in [1.82, 2.24) is 15.4 Å². The fourth-order valence-corrected chi connectivity index (χ4v) is 2.61. The van der Waals surface area contributed by atoms with Crippen molar-refractivity contribution in [2.75, 3.05) is 26.7 Å². The Hall–Kier alpha value is -1.36. The summed E-state index contributed by atoms with van der Waals surface area (Å²) in [5, 5.41) is 6.88. The van der Waals surface area contributed by atoms with Gasteiger partial charge in [-0.2, -0.15) is 0 Å². The maximum Gasteiger partial charge on any atom is 0.273 e. The molecule has 0 unspecified atom stereocenters. The number of hydrogen-bond donors (Lipinski definition) is 1. The predicted octanol–water partition coefficient (Wildman–Crippen LogP) is 3.03. The normalized spacial score (nSPS) is 12.0. The average Bonchev–Trinajstić information content (AvgIpc) is 2.83. The Kier molecular flexibility index (Phi) is 7.07. The standard InChI is InChI=1S/C17H31N3O2/c1-7-9-10-20(6)12-17(4,5)11-18-16(21)15-13(3)14(8-2)22-19-15/h7-12H2,1-6H3,(H,18,21). The molecule has 0 aliphatic heterocycles. The molecular formula is C17H31N3O2. The van der Waals surface area contributed by atoms with Crippen molar-refractivity contribution >= 4 is 5.91 Å². The van der Waals surface area contributed by atoms with E-state index in [0.717, 1.165) is 30.8 Å². The lowest BCUT2D eigenvalue weighted by molar-refractivity contribution is 0.0916. The average molecular weight is 309 g/mol. The van der Waals surface area contributed by atoms with Gasteiger partial charge in [0.25, 0.3) is 5.91 Å². The van der Waals surface area contributed by atoms with Gasteiger partial charge in [-0.3, -0.25) is 4.79 Å². The van der Waals surface area contributed by atoms with Gasteiger partial charge in [0, 0.05) is 25.1 Å². The van der Waals surface area contributed by atoms with Crippen molar-refractivity contribution in [1.29, 1.82) is 0 Å². The minimum atomic E-state index is -0.148. The second-order valence-electron chi connectivity index (χ2n) is 6.87. The molecule has 0 aliphatic rings. The Morgan fingerprint density at radius 2 is 2.05 bits per heavy atom. The molecule has 1 aromatic rings. The van der Waals surface area contributed by atoms with E-state index in [0.29, 0.717) is 12.2 Å². The highest BCUT2D eigenvalue weighted by Gasteiger charge is 2.23. The molecule has 5 nitrogen and oxygen atoms in total. The molecule has 0 saturated heterocycles. The number of aromatic nitrogens is 1. The number of carbonyl (C=O) groups excluding carboxylic acids is 1. The molecule has 0 radical (unpaired) electrons. The summed E-state index contributed by atoms with van der Waals surface area (Å²) in [4.78, 5) is 14.6. The molecule has 126 valence electrons. The highest BCUT2D eigenvalue weighted by molar-refractivity contribution is 5.93. The van der Waals surface area contributed by atoms with Crippen LogP contribution in [-0.2, 0) is 6.42 Å². The quantitative estimate of drug-likeness (QED) is 0.762. The lowest BCUT2D eigenvalue weighted by atomic mass is 9.92. The Morgan fingerprint density at radius 3 is 2.59 bits per heavy atom. The highest BCUT2D eigenvalue weighted by Crippen LogP contribution is 2.17. The van der Waals surface area contributed by atoms with E-state index in [2.05, 4.69) is 43.2 Å². The van der Waals surface area contributed by atoms with E-state index in [4.69, 9.17) is 4.52 Å². The summed E-state index contributed by atoms with van der Waals surface area (Å²) in [5.74, 6) is 0.633. The van der Waals surface area contributed by atoms with E-state index in [1.165, 1.54) is 12.8 Å². The second kappa shape index (κ2) is 8.32. The first-order valence-corrected chi connectivity index (χ1v) is 8.22. The Bertz CT molecular complexity index is 480. The fourth-order valence-electron chi connectivity index (χ4n) is 2.61. The van der Waals surface area contributed by atoms with Crippen LogP contribution >= 0.6 is 0 Å². The molecule has 0 bridgehead atoms. The van der Waals surface area contributed by atoms with Gasteiger partial charge in [0.15, 0.2) is 5.69 Å². The number of amides is 1. The molecule has 0 fully saturated rings. The van der Waals surface area contributed by atoms with Crippen molar-refractivity contribution in [3.63, 3.8) is 0 Å². The van der Waals surface area contributed by atoms with Crippen LogP contribution in [0.4, 0.5) is 0 Å². The lowest BCUT2D eigenvalue weighted by Crippen LogP contribution is -2.41. The maximum absolute atomic E-state index is 12.3. The van der Waals surface area contributed by atoms with Crippen LogP contribution in [0.15, 0.2) is 4.52 Å². The van der Waals surface area contributed by atoms with Crippen LogP contribution < -0.4 is 5.32 Å². The molecule has 0 aromatic carbocycles. The Balaban J connectivity index is 2.52. The number of aryl methyl sites for hydroxylation is 1. The molecule has 1 rings (SSSR count). The summed E-state index contributed by atoms with van der Waals surface area (Å²) in [5.41, 5.74) is 1.27. The van der Waals surface area contributed by atoms with E-state index >= 15 is 0 Å². The van der Waals surface area contributed by atoms with E-state index in [1.807, 2.05) is 13.8 Å². The summed E-state index contributed by atoms with van der Waals surface area (Å²) in [6.07, 6.45) is 3.16. The highest BCUT2D eigenvalue weighted by atomic mass is 16.5. The topological polar surface area (TPSA) is 58.4 Å². The number of nitrogens with one attached hydrogen (secondary N) is 1. The summed E-state index contributed by atoms with van der Waals surface area (Å²) in [6, 6.07) is 0. The monoisotopic (exact) mass is 309 g/mol. The van der Waals surface area contributed by atoms with Gasteiger partial charge in [-0.1, -0.05) is 39.3 Å². The molecule has 0 saturated carbocycles. The van der Waals surface area contributed by atoms with Gasteiger partial charge in [0.05, 0.1) is 0 Å². The maximum atomic E-state index is 12.3. The van der Waals surface area contributed by atoms with Crippen LogP contribution in [0, 0.1) is 12.3 Å².